The van der Waals surface area contributed by atoms with Crippen LogP contribution in [0.2, 0.25) is 0 Å². The number of hydrazone groups is 1. The van der Waals surface area contributed by atoms with Gasteiger partial charge >= 0.3 is 0 Å². The van der Waals surface area contributed by atoms with Gasteiger partial charge in [0.25, 0.3) is 5.91 Å². The maximum Gasteiger partial charge on any atom is 0.272 e. The number of benzene rings is 2. The van der Waals surface area contributed by atoms with Gasteiger partial charge in [0.1, 0.15) is 0 Å². The molecule has 0 saturated carbocycles. The van der Waals surface area contributed by atoms with E-state index in [9.17, 15) is 13.2 Å². The molecule has 2 aromatic carbocycles. The number of hydrogen-bond acceptors (Lipinski definition) is 6. The molecule has 0 aromatic heterocycles. The largest absolute Gasteiger partial charge is 0.493 e. The average molecular weight is 377 g/mol. The van der Waals surface area contributed by atoms with Crippen molar-refractivity contribution in [1.29, 1.82) is 0 Å². The molecule has 2 aromatic rings. The van der Waals surface area contributed by atoms with Crippen molar-refractivity contribution in [2.24, 2.45) is 5.10 Å². The molecular weight excluding hydrogens is 358 g/mol. The number of carbonyl (C=O) groups is 1. The summed E-state index contributed by atoms with van der Waals surface area (Å²) in [5.41, 5.74) is 2.97. The van der Waals surface area contributed by atoms with Crippen LogP contribution in [0.15, 0.2) is 52.5 Å². The quantitative estimate of drug-likeness (QED) is 0.560. The monoisotopic (exact) mass is 377 g/mol. The summed E-state index contributed by atoms with van der Waals surface area (Å²) < 4.78 is 36.5. The zero-order chi connectivity index (χ0) is 19.2. The molecule has 0 saturated heterocycles. The van der Waals surface area contributed by atoms with Crippen LogP contribution >= 0.6 is 0 Å². The van der Waals surface area contributed by atoms with Crippen molar-refractivity contribution in [3.63, 3.8) is 0 Å². The minimum absolute atomic E-state index is 0.00804. The number of nitrogens with zero attached hydrogens (tertiary/aromatic N) is 1. The first-order chi connectivity index (χ1) is 12.4. The second-order valence-corrected chi connectivity index (χ2v) is 6.87. The Labute approximate surface area is 151 Å². The van der Waals surface area contributed by atoms with Crippen LogP contribution in [0, 0.1) is 0 Å². The highest BCUT2D eigenvalue weighted by Gasteiger charge is 2.20. The van der Waals surface area contributed by atoms with Crippen molar-refractivity contribution >= 4 is 22.1 Å². The van der Waals surface area contributed by atoms with Crippen LogP contribution in [0.25, 0.3) is 0 Å². The van der Waals surface area contributed by atoms with Crippen LogP contribution in [0.1, 0.15) is 15.9 Å². The SMILES string of the molecule is CNS(=O)(=O)c1ccccc1C(=O)N/N=C/c1ccc(OC)c(OC)c1. The van der Waals surface area contributed by atoms with Crippen LogP contribution in [-0.2, 0) is 10.0 Å². The van der Waals surface area contributed by atoms with Crippen molar-refractivity contribution in [3.8, 4) is 11.5 Å². The lowest BCUT2D eigenvalue weighted by Crippen LogP contribution is -2.25. The molecule has 26 heavy (non-hydrogen) atoms. The summed E-state index contributed by atoms with van der Waals surface area (Å²) in [6.07, 6.45) is 1.41. The molecule has 0 unspecified atom stereocenters. The Bertz CT molecular complexity index is 926. The smallest absolute Gasteiger partial charge is 0.272 e. The number of methoxy groups -OCH3 is 2. The first-order valence-electron chi connectivity index (χ1n) is 7.51. The standard InChI is InChI=1S/C17H19N3O5S/c1-18-26(22,23)16-7-5-4-6-13(16)17(21)20-19-11-12-8-9-14(24-2)15(10-12)25-3/h4-11,18H,1-3H3,(H,20,21)/b19-11+. The van der Waals surface area contributed by atoms with Crippen molar-refractivity contribution in [2.45, 2.75) is 4.90 Å². The number of ether oxygens (including phenoxy) is 2. The Hall–Kier alpha value is -2.91. The van der Waals surface area contributed by atoms with Crippen LogP contribution in [-0.4, -0.2) is 41.8 Å². The highest BCUT2D eigenvalue weighted by Crippen LogP contribution is 2.26. The third-order valence-electron chi connectivity index (χ3n) is 3.48. The van der Waals surface area contributed by atoms with Gasteiger partial charge in [-0.2, -0.15) is 5.10 Å². The van der Waals surface area contributed by atoms with Gasteiger partial charge in [0.15, 0.2) is 11.5 Å². The maximum atomic E-state index is 12.3. The zero-order valence-corrected chi connectivity index (χ0v) is 15.3. The van der Waals surface area contributed by atoms with Gasteiger partial charge in [0, 0.05) is 0 Å². The van der Waals surface area contributed by atoms with Crippen LogP contribution in [0.4, 0.5) is 0 Å². The molecule has 0 bridgehead atoms. The summed E-state index contributed by atoms with van der Waals surface area (Å²) in [5, 5.41) is 3.86. The van der Waals surface area contributed by atoms with Crippen molar-refractivity contribution in [1.82, 2.24) is 10.1 Å². The van der Waals surface area contributed by atoms with E-state index in [0.717, 1.165) is 0 Å². The third-order valence-corrected chi connectivity index (χ3v) is 4.95. The van der Waals surface area contributed by atoms with Crippen LogP contribution in [0.3, 0.4) is 0 Å². The fourth-order valence-electron chi connectivity index (χ4n) is 2.16. The molecular formula is C17H19N3O5S. The van der Waals surface area contributed by atoms with E-state index in [1.165, 1.54) is 45.7 Å². The molecule has 2 N–H and O–H groups in total. The topological polar surface area (TPSA) is 106 Å². The van der Waals surface area contributed by atoms with E-state index >= 15 is 0 Å². The molecule has 0 atom stereocenters. The molecule has 0 aliphatic rings. The first-order valence-corrected chi connectivity index (χ1v) is 8.99. The van der Waals surface area contributed by atoms with Gasteiger partial charge in [0.05, 0.1) is 30.9 Å². The minimum Gasteiger partial charge on any atom is -0.493 e. The van der Waals surface area contributed by atoms with Gasteiger partial charge in [0.2, 0.25) is 10.0 Å². The van der Waals surface area contributed by atoms with E-state index in [4.69, 9.17) is 9.47 Å². The van der Waals surface area contributed by atoms with E-state index in [-0.39, 0.29) is 10.5 Å². The molecule has 9 heteroatoms. The zero-order valence-electron chi connectivity index (χ0n) is 14.5. The number of amides is 1. The normalized spacial score (nSPS) is 11.3. The van der Waals surface area contributed by atoms with Gasteiger partial charge in [-0.15, -0.1) is 0 Å². The summed E-state index contributed by atoms with van der Waals surface area (Å²) in [4.78, 5) is 12.2. The van der Waals surface area contributed by atoms with Crippen LogP contribution < -0.4 is 19.6 Å². The van der Waals surface area contributed by atoms with E-state index in [2.05, 4.69) is 15.2 Å². The van der Waals surface area contributed by atoms with Crippen LogP contribution in [0.5, 0.6) is 11.5 Å². The number of hydrogen-bond donors (Lipinski definition) is 2. The second-order valence-electron chi connectivity index (χ2n) is 5.02. The Morgan fingerprint density at radius 2 is 1.77 bits per heavy atom. The van der Waals surface area contributed by atoms with Crippen molar-refractivity contribution in [2.75, 3.05) is 21.3 Å². The van der Waals surface area contributed by atoms with E-state index in [0.29, 0.717) is 17.1 Å². The van der Waals surface area contributed by atoms with Gasteiger partial charge in [-0.25, -0.2) is 18.6 Å². The Morgan fingerprint density at radius 1 is 1.08 bits per heavy atom. The molecule has 0 spiro atoms. The molecule has 0 aliphatic heterocycles. The predicted octanol–water partition coefficient (Wildman–Crippen LogP) is 1.38. The molecule has 0 heterocycles. The number of sulfonamides is 1. The highest BCUT2D eigenvalue weighted by atomic mass is 32.2. The average Bonchev–Trinajstić information content (AvgIpc) is 2.67. The summed E-state index contributed by atoms with van der Waals surface area (Å²) in [7, 11) is 0.560. The fourth-order valence-corrected chi connectivity index (χ4v) is 3.09. The molecule has 2 rings (SSSR count). The van der Waals surface area contributed by atoms with Gasteiger partial charge in [-0.3, -0.25) is 4.79 Å². The number of carbonyl (C=O) groups excluding carboxylic acids is 1. The molecule has 0 aliphatic carbocycles. The third kappa shape index (κ3) is 4.38. The summed E-state index contributed by atoms with van der Waals surface area (Å²) in [6.45, 7) is 0. The lowest BCUT2D eigenvalue weighted by Gasteiger charge is -2.08. The number of nitrogens with one attached hydrogen (secondary N) is 2. The summed E-state index contributed by atoms with van der Waals surface area (Å²) >= 11 is 0. The lowest BCUT2D eigenvalue weighted by molar-refractivity contribution is 0.0952. The number of rotatable bonds is 7. The molecule has 138 valence electrons. The van der Waals surface area contributed by atoms with E-state index in [1.807, 2.05) is 0 Å². The van der Waals surface area contributed by atoms with Gasteiger partial charge in [-0.05, 0) is 42.9 Å². The van der Waals surface area contributed by atoms with Gasteiger partial charge < -0.3 is 9.47 Å². The predicted molar refractivity (Wildman–Crippen MR) is 97.3 cm³/mol. The van der Waals surface area contributed by atoms with E-state index < -0.39 is 15.9 Å². The fraction of sp³-hybridized carbons (Fsp3) is 0.176. The minimum atomic E-state index is -3.76. The molecule has 1 amide bonds. The molecule has 0 fully saturated rings. The second kappa shape index (κ2) is 8.45. The Balaban J connectivity index is 2.19. The first kappa shape index (κ1) is 19.4. The summed E-state index contributed by atoms with van der Waals surface area (Å²) in [5.74, 6) is 0.448. The van der Waals surface area contributed by atoms with E-state index in [1.54, 1.807) is 24.3 Å². The van der Waals surface area contributed by atoms with Gasteiger partial charge in [-0.1, -0.05) is 12.1 Å². The lowest BCUT2D eigenvalue weighted by atomic mass is 10.2. The summed E-state index contributed by atoms with van der Waals surface area (Å²) in [6, 6.07) is 11.0. The van der Waals surface area contributed by atoms with Crippen molar-refractivity contribution < 1.29 is 22.7 Å². The maximum absolute atomic E-state index is 12.3. The molecule has 8 nitrogen and oxygen atoms in total. The Morgan fingerprint density at radius 3 is 2.42 bits per heavy atom. The Kier molecular flexibility index (Phi) is 6.31. The van der Waals surface area contributed by atoms with Crippen molar-refractivity contribution in [3.05, 3.63) is 53.6 Å². The highest BCUT2D eigenvalue weighted by molar-refractivity contribution is 7.89. The molecule has 0 radical (unpaired) electrons.